The van der Waals surface area contributed by atoms with Gasteiger partial charge in [0.25, 0.3) is 5.91 Å². The number of benzene rings is 2. The first-order valence-corrected chi connectivity index (χ1v) is 8.70. The van der Waals surface area contributed by atoms with Crippen LogP contribution in [-0.2, 0) is 4.79 Å². The maximum atomic E-state index is 11.8. The summed E-state index contributed by atoms with van der Waals surface area (Å²) in [6.07, 6.45) is -0.477. The Morgan fingerprint density at radius 2 is 2.08 bits per heavy atom. The highest BCUT2D eigenvalue weighted by Crippen LogP contribution is 2.36. The Morgan fingerprint density at radius 3 is 2.92 bits per heavy atom. The minimum absolute atomic E-state index is 0.144. The Bertz CT molecular complexity index is 938. The van der Waals surface area contributed by atoms with Gasteiger partial charge in [-0.2, -0.15) is 0 Å². The van der Waals surface area contributed by atoms with Gasteiger partial charge in [-0.25, -0.2) is 4.98 Å². The van der Waals surface area contributed by atoms with Gasteiger partial charge in [0.2, 0.25) is 0 Å². The molecule has 120 valence electrons. The molecule has 4 nitrogen and oxygen atoms in total. The van der Waals surface area contributed by atoms with Crippen molar-refractivity contribution in [2.75, 3.05) is 5.32 Å². The van der Waals surface area contributed by atoms with E-state index in [1.54, 1.807) is 6.92 Å². The maximum Gasteiger partial charge on any atom is 0.265 e. The number of hydrogen-bond donors (Lipinski definition) is 1. The number of halogens is 1. The highest BCUT2D eigenvalue weighted by molar-refractivity contribution is 7.13. The van der Waals surface area contributed by atoms with Crippen LogP contribution >= 0.6 is 22.9 Å². The van der Waals surface area contributed by atoms with Crippen molar-refractivity contribution in [2.24, 2.45) is 0 Å². The monoisotopic (exact) mass is 356 g/mol. The number of ether oxygens (including phenoxy) is 1. The van der Waals surface area contributed by atoms with Crippen LogP contribution < -0.4 is 10.1 Å². The molecule has 1 aliphatic heterocycles. The molecule has 1 amide bonds. The number of aromatic nitrogens is 1. The lowest BCUT2D eigenvalue weighted by Crippen LogP contribution is -2.34. The van der Waals surface area contributed by atoms with Crippen molar-refractivity contribution < 1.29 is 9.53 Å². The van der Waals surface area contributed by atoms with Crippen molar-refractivity contribution in [1.29, 1.82) is 0 Å². The molecule has 24 heavy (non-hydrogen) atoms. The fourth-order valence-electron chi connectivity index (χ4n) is 2.53. The van der Waals surface area contributed by atoms with Gasteiger partial charge in [0, 0.05) is 16.5 Å². The molecule has 0 fully saturated rings. The average molecular weight is 357 g/mol. The normalized spacial score (nSPS) is 16.2. The molecule has 2 heterocycles. The van der Waals surface area contributed by atoms with Crippen LogP contribution in [0.15, 0.2) is 47.8 Å². The number of rotatable bonds is 2. The fraction of sp³-hybridized carbons (Fsp3) is 0.111. The summed E-state index contributed by atoms with van der Waals surface area (Å²) in [6.45, 7) is 1.72. The number of anilines is 1. The van der Waals surface area contributed by atoms with Crippen molar-refractivity contribution >= 4 is 34.5 Å². The molecule has 6 heteroatoms. The minimum atomic E-state index is -0.477. The molecule has 0 aliphatic carbocycles. The lowest BCUT2D eigenvalue weighted by molar-refractivity contribution is -0.122. The Morgan fingerprint density at radius 1 is 1.25 bits per heavy atom. The number of carbonyl (C=O) groups excluding carboxylic acids is 1. The summed E-state index contributed by atoms with van der Waals surface area (Å²) in [6, 6.07) is 13.3. The summed E-state index contributed by atoms with van der Waals surface area (Å²) in [4.78, 5) is 16.4. The van der Waals surface area contributed by atoms with E-state index < -0.39 is 6.10 Å². The van der Waals surface area contributed by atoms with E-state index in [9.17, 15) is 4.79 Å². The largest absolute Gasteiger partial charge is 0.479 e. The molecule has 0 radical (unpaired) electrons. The first-order chi connectivity index (χ1) is 11.6. The van der Waals surface area contributed by atoms with Crippen LogP contribution in [0, 0.1) is 0 Å². The molecular weight excluding hydrogens is 344 g/mol. The van der Waals surface area contributed by atoms with Crippen molar-refractivity contribution in [3.63, 3.8) is 0 Å². The van der Waals surface area contributed by atoms with Crippen molar-refractivity contribution in [1.82, 2.24) is 4.98 Å². The smallest absolute Gasteiger partial charge is 0.265 e. The van der Waals surface area contributed by atoms with E-state index in [0.29, 0.717) is 16.5 Å². The Balaban J connectivity index is 1.70. The molecule has 1 N–H and O–H groups in total. The summed E-state index contributed by atoms with van der Waals surface area (Å²) >= 11 is 7.78. The topological polar surface area (TPSA) is 51.2 Å². The van der Waals surface area contributed by atoms with Crippen LogP contribution in [0.2, 0.25) is 5.02 Å². The SMILES string of the molecule is CC1Oc2ccc(-c3csc(-c4ccccc4Cl)n3)cc2NC1=O. The second-order valence-corrected chi connectivity index (χ2v) is 6.74. The predicted molar refractivity (Wildman–Crippen MR) is 96.7 cm³/mol. The summed E-state index contributed by atoms with van der Waals surface area (Å²) < 4.78 is 5.58. The fourth-order valence-corrected chi connectivity index (χ4v) is 3.68. The third-order valence-electron chi connectivity index (χ3n) is 3.81. The molecule has 0 saturated carbocycles. The summed E-state index contributed by atoms with van der Waals surface area (Å²) in [5, 5.41) is 6.38. The molecule has 2 aromatic carbocycles. The molecule has 0 saturated heterocycles. The molecule has 1 aliphatic rings. The summed E-state index contributed by atoms with van der Waals surface area (Å²) in [5.41, 5.74) is 3.34. The molecule has 1 aromatic heterocycles. The first kappa shape index (κ1) is 15.2. The molecule has 0 bridgehead atoms. The van der Waals surface area contributed by atoms with Crippen molar-refractivity contribution in [3.8, 4) is 27.6 Å². The third-order valence-corrected chi connectivity index (χ3v) is 5.02. The van der Waals surface area contributed by atoms with Crippen LogP contribution in [0.4, 0.5) is 5.69 Å². The van der Waals surface area contributed by atoms with Crippen molar-refractivity contribution in [3.05, 3.63) is 52.9 Å². The highest BCUT2D eigenvalue weighted by Gasteiger charge is 2.23. The van der Waals surface area contributed by atoms with E-state index in [1.165, 1.54) is 11.3 Å². The van der Waals surface area contributed by atoms with E-state index >= 15 is 0 Å². The van der Waals surface area contributed by atoms with Crippen LogP contribution in [0.25, 0.3) is 21.8 Å². The van der Waals surface area contributed by atoms with Gasteiger partial charge in [0.15, 0.2) is 6.10 Å². The number of nitrogens with zero attached hydrogens (tertiary/aromatic N) is 1. The van der Waals surface area contributed by atoms with E-state index in [-0.39, 0.29) is 5.91 Å². The zero-order chi connectivity index (χ0) is 16.7. The van der Waals surface area contributed by atoms with Gasteiger partial charge in [-0.1, -0.05) is 29.8 Å². The van der Waals surface area contributed by atoms with Gasteiger partial charge in [0.1, 0.15) is 10.8 Å². The molecule has 1 unspecified atom stereocenters. The molecule has 4 rings (SSSR count). The molecule has 0 spiro atoms. The van der Waals surface area contributed by atoms with Gasteiger partial charge >= 0.3 is 0 Å². The van der Waals surface area contributed by atoms with E-state index in [1.807, 2.05) is 47.8 Å². The number of thiazole rings is 1. The number of nitrogens with one attached hydrogen (secondary N) is 1. The summed E-state index contributed by atoms with van der Waals surface area (Å²) in [5.74, 6) is 0.530. The molecular formula is C18H13ClN2O2S. The highest BCUT2D eigenvalue weighted by atomic mass is 35.5. The van der Waals surface area contributed by atoms with Crippen LogP contribution in [0.1, 0.15) is 6.92 Å². The predicted octanol–water partition coefficient (Wildman–Crippen LogP) is 4.85. The van der Waals surface area contributed by atoms with Gasteiger partial charge in [-0.3, -0.25) is 4.79 Å². The minimum Gasteiger partial charge on any atom is -0.479 e. The van der Waals surface area contributed by atoms with Gasteiger partial charge in [-0.15, -0.1) is 11.3 Å². The molecule has 3 aromatic rings. The lowest BCUT2D eigenvalue weighted by Gasteiger charge is -2.23. The second-order valence-electron chi connectivity index (χ2n) is 5.48. The number of hydrogen-bond acceptors (Lipinski definition) is 4. The third kappa shape index (κ3) is 2.66. The molecule has 1 atom stereocenters. The van der Waals surface area contributed by atoms with Crippen LogP contribution in [-0.4, -0.2) is 17.0 Å². The maximum absolute atomic E-state index is 11.8. The Hall–Kier alpha value is -2.37. The van der Waals surface area contributed by atoms with E-state index in [0.717, 1.165) is 21.8 Å². The number of amides is 1. The van der Waals surface area contributed by atoms with Gasteiger partial charge < -0.3 is 10.1 Å². The lowest BCUT2D eigenvalue weighted by atomic mass is 10.1. The Kier molecular flexibility index (Phi) is 3.75. The van der Waals surface area contributed by atoms with Crippen LogP contribution in [0.5, 0.6) is 5.75 Å². The standard InChI is InChI=1S/C18H13ClN2O2S/c1-10-17(22)20-14-8-11(6-7-16(14)23-10)15-9-24-18(21-15)12-4-2-3-5-13(12)19/h2-10H,1H3,(H,20,22). The first-order valence-electron chi connectivity index (χ1n) is 7.44. The number of fused-ring (bicyclic) bond motifs is 1. The van der Waals surface area contributed by atoms with Gasteiger partial charge in [0.05, 0.1) is 16.4 Å². The van der Waals surface area contributed by atoms with E-state index in [4.69, 9.17) is 16.3 Å². The summed E-state index contributed by atoms with van der Waals surface area (Å²) in [7, 11) is 0. The quantitative estimate of drug-likeness (QED) is 0.714. The van der Waals surface area contributed by atoms with Crippen molar-refractivity contribution in [2.45, 2.75) is 13.0 Å². The second kappa shape index (κ2) is 5.92. The van der Waals surface area contributed by atoms with E-state index in [2.05, 4.69) is 10.3 Å². The average Bonchev–Trinajstić information content (AvgIpc) is 3.06. The zero-order valence-corrected chi connectivity index (χ0v) is 14.3. The number of carbonyl (C=O) groups is 1. The van der Waals surface area contributed by atoms with Crippen LogP contribution in [0.3, 0.4) is 0 Å². The zero-order valence-electron chi connectivity index (χ0n) is 12.7. The Labute approximate surface area is 148 Å². The van der Waals surface area contributed by atoms with Gasteiger partial charge in [-0.05, 0) is 31.2 Å².